The Hall–Kier alpha value is -4.05. The van der Waals surface area contributed by atoms with Gasteiger partial charge in [0.05, 0.1) is 39.0 Å². The fourth-order valence-corrected chi connectivity index (χ4v) is 5.26. The van der Waals surface area contributed by atoms with E-state index < -0.39 is 36.6 Å². The number of aliphatic hydroxyl groups is 2. The Morgan fingerprint density at radius 3 is 1.55 bits per heavy atom. The van der Waals surface area contributed by atoms with Crippen LogP contribution < -0.4 is 0 Å². The molecule has 0 aliphatic carbocycles. The van der Waals surface area contributed by atoms with Crippen molar-refractivity contribution in [3.63, 3.8) is 0 Å². The molecule has 4 aromatic rings. The molecule has 1 aliphatic heterocycles. The summed E-state index contributed by atoms with van der Waals surface area (Å²) in [6, 6.07) is 37.6. The van der Waals surface area contributed by atoms with E-state index in [1.54, 1.807) is 0 Å². The van der Waals surface area contributed by atoms with Crippen LogP contribution in [0.15, 0.2) is 121 Å². The summed E-state index contributed by atoms with van der Waals surface area (Å²) in [5, 5.41) is 22.6. The minimum absolute atomic E-state index is 0.0515. The van der Waals surface area contributed by atoms with Crippen molar-refractivity contribution in [1.29, 1.82) is 0 Å². The number of likely N-dealkylation sites (tertiary alicyclic amines) is 1. The van der Waals surface area contributed by atoms with Crippen molar-refractivity contribution in [3.8, 4) is 0 Å². The van der Waals surface area contributed by atoms with Gasteiger partial charge in [-0.05, 0) is 22.3 Å². The Balaban J connectivity index is 1.43. The summed E-state index contributed by atoms with van der Waals surface area (Å²) in [5.41, 5.74) is 3.61. The molecule has 4 aromatic carbocycles. The standard InChI is InChI=1S/C36H39NO7/c38-32-21-37(36(40)44-25-30-19-11-4-12-20-30)31(26-41-22-27-13-5-1-6-14-27)34(42-23-28-15-7-2-8-16-28)35(33(32)39)43-24-29-17-9-3-10-18-29/h1-20,31-35,38-39H,21-26H2/t31-,32-,33+,34-,35-/m1/s1. The molecule has 1 fully saturated rings. The van der Waals surface area contributed by atoms with Crippen LogP contribution in [0.25, 0.3) is 0 Å². The first kappa shape index (κ1) is 31.4. The van der Waals surface area contributed by atoms with Crippen molar-refractivity contribution in [3.05, 3.63) is 144 Å². The third kappa shape index (κ3) is 8.75. The fraction of sp³-hybridized carbons (Fsp3) is 0.306. The predicted molar refractivity (Wildman–Crippen MR) is 165 cm³/mol. The van der Waals surface area contributed by atoms with Gasteiger partial charge in [-0.3, -0.25) is 4.90 Å². The van der Waals surface area contributed by atoms with Crippen LogP contribution in [-0.4, -0.2) is 64.8 Å². The number of ether oxygens (including phenoxy) is 4. The lowest BCUT2D eigenvalue weighted by Gasteiger charge is -2.37. The van der Waals surface area contributed by atoms with E-state index in [0.717, 1.165) is 22.3 Å². The maximum atomic E-state index is 13.7. The van der Waals surface area contributed by atoms with Crippen LogP contribution in [0.3, 0.4) is 0 Å². The van der Waals surface area contributed by atoms with Crippen LogP contribution in [0.1, 0.15) is 22.3 Å². The van der Waals surface area contributed by atoms with Crippen LogP contribution in [0.5, 0.6) is 0 Å². The smallest absolute Gasteiger partial charge is 0.410 e. The molecular formula is C36H39NO7. The van der Waals surface area contributed by atoms with Gasteiger partial charge in [0.1, 0.15) is 31.0 Å². The van der Waals surface area contributed by atoms with Gasteiger partial charge >= 0.3 is 6.09 Å². The quantitative estimate of drug-likeness (QED) is 0.234. The van der Waals surface area contributed by atoms with E-state index in [-0.39, 0.29) is 33.0 Å². The molecule has 230 valence electrons. The van der Waals surface area contributed by atoms with Gasteiger partial charge in [-0.1, -0.05) is 121 Å². The molecular weight excluding hydrogens is 558 g/mol. The molecule has 5 rings (SSSR count). The zero-order chi connectivity index (χ0) is 30.6. The molecule has 0 radical (unpaired) electrons. The van der Waals surface area contributed by atoms with Crippen LogP contribution in [0, 0.1) is 0 Å². The number of benzene rings is 4. The molecule has 1 saturated heterocycles. The SMILES string of the molecule is O=C(OCc1ccccc1)N1C[C@@H](O)[C@H](O)[C@@H](OCc2ccccc2)[C@H](OCc2ccccc2)[C@H]1COCc1ccccc1. The number of hydrogen-bond acceptors (Lipinski definition) is 7. The fourth-order valence-electron chi connectivity index (χ4n) is 5.26. The van der Waals surface area contributed by atoms with E-state index in [1.165, 1.54) is 4.90 Å². The summed E-state index contributed by atoms with van der Waals surface area (Å²) in [6.07, 6.45) is -5.16. The van der Waals surface area contributed by atoms with Gasteiger partial charge in [0, 0.05) is 0 Å². The minimum atomic E-state index is -1.34. The maximum absolute atomic E-state index is 13.7. The summed E-state index contributed by atoms with van der Waals surface area (Å²) in [4.78, 5) is 15.1. The Morgan fingerprint density at radius 2 is 1.05 bits per heavy atom. The molecule has 1 heterocycles. The van der Waals surface area contributed by atoms with Crippen molar-refractivity contribution < 1.29 is 34.0 Å². The van der Waals surface area contributed by atoms with Gasteiger partial charge in [-0.2, -0.15) is 0 Å². The Bertz CT molecular complexity index is 1390. The van der Waals surface area contributed by atoms with Crippen molar-refractivity contribution in [1.82, 2.24) is 4.90 Å². The highest BCUT2D eigenvalue weighted by Crippen LogP contribution is 2.28. The lowest BCUT2D eigenvalue weighted by Crippen LogP contribution is -2.54. The molecule has 0 saturated carbocycles. The number of carbonyl (C=O) groups is 1. The molecule has 8 nitrogen and oxygen atoms in total. The van der Waals surface area contributed by atoms with Gasteiger partial charge in [0.15, 0.2) is 0 Å². The second-order valence-corrected chi connectivity index (χ2v) is 10.8. The van der Waals surface area contributed by atoms with Gasteiger partial charge < -0.3 is 29.2 Å². The lowest BCUT2D eigenvalue weighted by molar-refractivity contribution is -0.160. The Kier molecular flexibility index (Phi) is 11.5. The summed E-state index contributed by atoms with van der Waals surface area (Å²) in [6.45, 7) is 0.592. The molecule has 0 spiro atoms. The van der Waals surface area contributed by atoms with Crippen molar-refractivity contribution in [2.24, 2.45) is 0 Å². The van der Waals surface area contributed by atoms with Crippen LogP contribution in [0.2, 0.25) is 0 Å². The third-order valence-corrected chi connectivity index (χ3v) is 7.63. The first-order valence-electron chi connectivity index (χ1n) is 14.8. The van der Waals surface area contributed by atoms with Gasteiger partial charge in [0.25, 0.3) is 0 Å². The molecule has 1 aliphatic rings. The van der Waals surface area contributed by atoms with Crippen molar-refractivity contribution in [2.75, 3.05) is 13.2 Å². The van der Waals surface area contributed by atoms with E-state index in [0.29, 0.717) is 6.61 Å². The lowest BCUT2D eigenvalue weighted by atomic mass is 10.00. The summed E-state index contributed by atoms with van der Waals surface area (Å²) in [7, 11) is 0. The molecule has 44 heavy (non-hydrogen) atoms. The number of carbonyl (C=O) groups excluding carboxylic acids is 1. The number of hydrogen-bond donors (Lipinski definition) is 2. The zero-order valence-corrected chi connectivity index (χ0v) is 24.6. The van der Waals surface area contributed by atoms with Gasteiger partial charge in [-0.15, -0.1) is 0 Å². The Labute approximate surface area is 258 Å². The topological polar surface area (TPSA) is 97.7 Å². The number of amides is 1. The average Bonchev–Trinajstić information content (AvgIpc) is 3.17. The first-order valence-corrected chi connectivity index (χ1v) is 14.8. The molecule has 0 aromatic heterocycles. The van der Waals surface area contributed by atoms with Gasteiger partial charge in [0.2, 0.25) is 0 Å². The molecule has 0 bridgehead atoms. The highest BCUT2D eigenvalue weighted by Gasteiger charge is 2.47. The van der Waals surface area contributed by atoms with Crippen LogP contribution in [0.4, 0.5) is 4.79 Å². The molecule has 2 N–H and O–H groups in total. The van der Waals surface area contributed by atoms with Crippen LogP contribution in [-0.2, 0) is 45.4 Å². The van der Waals surface area contributed by atoms with E-state index in [1.807, 2.05) is 121 Å². The third-order valence-electron chi connectivity index (χ3n) is 7.63. The van der Waals surface area contributed by atoms with Crippen molar-refractivity contribution in [2.45, 2.75) is 56.9 Å². The second-order valence-electron chi connectivity index (χ2n) is 10.8. The number of rotatable bonds is 12. The molecule has 0 unspecified atom stereocenters. The van der Waals surface area contributed by atoms with E-state index >= 15 is 0 Å². The highest BCUT2D eigenvalue weighted by atomic mass is 16.6. The summed E-state index contributed by atoms with van der Waals surface area (Å²) in [5.74, 6) is 0. The average molecular weight is 598 g/mol. The molecule has 1 amide bonds. The van der Waals surface area contributed by atoms with E-state index in [9.17, 15) is 15.0 Å². The Morgan fingerprint density at radius 1 is 0.614 bits per heavy atom. The van der Waals surface area contributed by atoms with E-state index in [2.05, 4.69) is 0 Å². The van der Waals surface area contributed by atoms with Crippen LogP contribution >= 0.6 is 0 Å². The van der Waals surface area contributed by atoms with Crippen molar-refractivity contribution >= 4 is 6.09 Å². The highest BCUT2D eigenvalue weighted by molar-refractivity contribution is 5.68. The normalized spacial score (nSPS) is 21.9. The number of β-amino-alcohol motifs (C(OH)–C–C–N with tert-alkyl or cyclic N) is 1. The molecule has 8 heteroatoms. The maximum Gasteiger partial charge on any atom is 0.410 e. The van der Waals surface area contributed by atoms with Gasteiger partial charge in [-0.25, -0.2) is 4.79 Å². The number of aliphatic hydroxyl groups excluding tert-OH is 2. The summed E-state index contributed by atoms with van der Waals surface area (Å²) < 4.78 is 24.7. The zero-order valence-electron chi connectivity index (χ0n) is 24.6. The second kappa shape index (κ2) is 16.1. The van der Waals surface area contributed by atoms with E-state index in [4.69, 9.17) is 18.9 Å². The number of nitrogens with zero attached hydrogens (tertiary/aromatic N) is 1. The predicted octanol–water partition coefficient (Wildman–Crippen LogP) is 5.12. The largest absolute Gasteiger partial charge is 0.445 e. The summed E-state index contributed by atoms with van der Waals surface area (Å²) >= 11 is 0. The first-order chi connectivity index (χ1) is 21.6. The minimum Gasteiger partial charge on any atom is -0.445 e. The molecule has 5 atom stereocenters. The monoisotopic (exact) mass is 597 g/mol.